The minimum Gasteiger partial charge on any atom is -0.311 e. The highest BCUT2D eigenvalue weighted by atomic mass is 35.5. The molecule has 1 aromatic heterocycles. The van der Waals surface area contributed by atoms with E-state index in [1.807, 2.05) is 0 Å². The largest absolute Gasteiger partial charge is 0.311 e. The number of halogens is 1. The highest BCUT2D eigenvalue weighted by molar-refractivity contribution is 6.30. The van der Waals surface area contributed by atoms with Gasteiger partial charge in [-0.25, -0.2) is 9.97 Å². The first kappa shape index (κ1) is 12.1. The van der Waals surface area contributed by atoms with Crippen LogP contribution in [0.3, 0.4) is 0 Å². The summed E-state index contributed by atoms with van der Waals surface area (Å²) in [5.41, 5.74) is 4.69. The van der Waals surface area contributed by atoms with Gasteiger partial charge in [0.1, 0.15) is 5.15 Å². The number of hydrogen-bond acceptors (Lipinski definition) is 4. The number of fused-ring (bicyclic) bond motifs is 2. The van der Waals surface area contributed by atoms with Gasteiger partial charge in [0.25, 0.3) is 0 Å². The van der Waals surface area contributed by atoms with Crippen molar-refractivity contribution in [2.24, 2.45) is 0 Å². The van der Waals surface area contributed by atoms with E-state index in [-0.39, 0.29) is 0 Å². The van der Waals surface area contributed by atoms with Crippen LogP contribution in [-0.4, -0.2) is 23.1 Å². The fraction of sp³-hybridized carbons (Fsp3) is 0.333. The van der Waals surface area contributed by atoms with Crippen molar-refractivity contribution in [1.82, 2.24) is 15.3 Å². The number of hydrogen-bond donors (Lipinski definition) is 1. The molecule has 2 aliphatic rings. The van der Waals surface area contributed by atoms with E-state index in [9.17, 15) is 0 Å². The van der Waals surface area contributed by atoms with Crippen molar-refractivity contribution in [3.8, 4) is 0 Å². The third kappa shape index (κ3) is 1.87. The first-order valence-corrected chi connectivity index (χ1v) is 7.32. The number of benzene rings is 1. The lowest BCUT2D eigenvalue weighted by molar-refractivity contribution is 0.622. The zero-order valence-corrected chi connectivity index (χ0v) is 11.8. The summed E-state index contributed by atoms with van der Waals surface area (Å²) in [4.78, 5) is 11.4. The summed E-state index contributed by atoms with van der Waals surface area (Å²) in [5, 5.41) is 3.94. The smallest absolute Gasteiger partial charge is 0.231 e. The topological polar surface area (TPSA) is 41.1 Å². The fourth-order valence-corrected chi connectivity index (χ4v) is 3.25. The molecule has 0 bridgehead atoms. The molecule has 20 heavy (non-hydrogen) atoms. The minimum absolute atomic E-state index is 0.607. The van der Waals surface area contributed by atoms with E-state index in [4.69, 9.17) is 16.6 Å². The maximum Gasteiger partial charge on any atom is 0.231 e. The Morgan fingerprint density at radius 2 is 2.05 bits per heavy atom. The highest BCUT2D eigenvalue weighted by Gasteiger charge is 2.24. The minimum atomic E-state index is 0.607. The average molecular weight is 287 g/mol. The Labute approximate surface area is 122 Å². The molecule has 1 aromatic carbocycles. The van der Waals surface area contributed by atoms with Crippen LogP contribution < -0.4 is 10.2 Å². The lowest BCUT2D eigenvalue weighted by atomic mass is 10.1. The molecule has 0 atom stereocenters. The zero-order valence-electron chi connectivity index (χ0n) is 11.1. The summed E-state index contributed by atoms with van der Waals surface area (Å²) >= 11 is 6.35. The second kappa shape index (κ2) is 4.72. The molecule has 0 radical (unpaired) electrons. The van der Waals surface area contributed by atoms with Crippen molar-refractivity contribution in [1.29, 1.82) is 0 Å². The molecule has 102 valence electrons. The first-order valence-electron chi connectivity index (χ1n) is 6.94. The molecule has 0 saturated carbocycles. The molecule has 4 rings (SSSR count). The summed E-state index contributed by atoms with van der Waals surface area (Å²) in [6, 6.07) is 8.42. The van der Waals surface area contributed by atoms with Gasteiger partial charge in [-0.15, -0.1) is 0 Å². The van der Waals surface area contributed by atoms with Gasteiger partial charge in [-0.2, -0.15) is 0 Å². The van der Waals surface area contributed by atoms with Crippen LogP contribution in [-0.2, 0) is 19.4 Å². The van der Waals surface area contributed by atoms with E-state index in [1.165, 1.54) is 11.3 Å². The van der Waals surface area contributed by atoms with Crippen LogP contribution in [0.1, 0.15) is 16.8 Å². The second-order valence-corrected chi connectivity index (χ2v) is 5.55. The van der Waals surface area contributed by atoms with E-state index in [0.29, 0.717) is 5.15 Å². The van der Waals surface area contributed by atoms with Crippen LogP contribution in [0, 0.1) is 0 Å². The van der Waals surface area contributed by atoms with Gasteiger partial charge in [0.05, 0.1) is 5.69 Å². The normalized spacial score (nSPS) is 16.9. The number of para-hydroxylation sites is 1. The van der Waals surface area contributed by atoms with Gasteiger partial charge in [-0.1, -0.05) is 29.8 Å². The van der Waals surface area contributed by atoms with Crippen LogP contribution >= 0.6 is 11.6 Å². The third-order valence-electron chi connectivity index (χ3n) is 4.00. The van der Waals surface area contributed by atoms with Gasteiger partial charge in [-0.05, 0) is 31.0 Å². The molecular weight excluding hydrogens is 272 g/mol. The quantitative estimate of drug-likeness (QED) is 0.818. The van der Waals surface area contributed by atoms with Crippen LogP contribution in [0.2, 0.25) is 5.15 Å². The Balaban J connectivity index is 1.79. The molecule has 0 fully saturated rings. The van der Waals surface area contributed by atoms with Crippen molar-refractivity contribution in [2.45, 2.75) is 19.4 Å². The van der Waals surface area contributed by atoms with Crippen molar-refractivity contribution in [2.75, 3.05) is 18.0 Å². The predicted octanol–water partition coefficient (Wildman–Crippen LogP) is 2.47. The van der Waals surface area contributed by atoms with E-state index >= 15 is 0 Å². The molecule has 2 aromatic rings. The Kier molecular flexibility index (Phi) is 2.86. The molecule has 0 aliphatic carbocycles. The third-order valence-corrected chi connectivity index (χ3v) is 4.32. The SMILES string of the molecule is Clc1nc(N2CCc3ccccc32)nc2c1CCNC2. The monoisotopic (exact) mass is 286 g/mol. The molecule has 0 saturated heterocycles. The average Bonchev–Trinajstić information content (AvgIpc) is 2.91. The van der Waals surface area contributed by atoms with Crippen molar-refractivity contribution in [3.05, 3.63) is 46.2 Å². The second-order valence-electron chi connectivity index (χ2n) is 5.20. The lowest BCUT2D eigenvalue weighted by Crippen LogP contribution is -2.27. The van der Waals surface area contributed by atoms with Gasteiger partial charge in [-0.3, -0.25) is 0 Å². The Morgan fingerprint density at radius 3 is 3.00 bits per heavy atom. The van der Waals surface area contributed by atoms with E-state index in [2.05, 4.69) is 39.5 Å². The van der Waals surface area contributed by atoms with E-state index in [0.717, 1.165) is 49.7 Å². The van der Waals surface area contributed by atoms with Crippen LogP contribution in [0.25, 0.3) is 0 Å². The van der Waals surface area contributed by atoms with Gasteiger partial charge >= 0.3 is 0 Å². The molecule has 5 heteroatoms. The van der Waals surface area contributed by atoms with Crippen LogP contribution in [0.5, 0.6) is 0 Å². The Bertz CT molecular complexity index is 671. The van der Waals surface area contributed by atoms with Crippen LogP contribution in [0.4, 0.5) is 11.6 Å². The van der Waals surface area contributed by atoms with E-state index in [1.54, 1.807) is 0 Å². The maximum absolute atomic E-state index is 6.35. The summed E-state index contributed by atoms with van der Waals surface area (Å²) < 4.78 is 0. The molecule has 3 heterocycles. The molecule has 4 nitrogen and oxygen atoms in total. The summed E-state index contributed by atoms with van der Waals surface area (Å²) in [7, 11) is 0. The molecule has 0 unspecified atom stereocenters. The Hall–Kier alpha value is -1.65. The number of nitrogens with zero attached hydrogens (tertiary/aromatic N) is 3. The van der Waals surface area contributed by atoms with Gasteiger partial charge in [0, 0.05) is 24.3 Å². The molecular formula is C15H15ClN4. The predicted molar refractivity (Wildman–Crippen MR) is 79.6 cm³/mol. The van der Waals surface area contributed by atoms with Gasteiger partial charge in [0.15, 0.2) is 0 Å². The number of nitrogens with one attached hydrogen (secondary N) is 1. The molecule has 2 aliphatic heterocycles. The molecule has 0 spiro atoms. The number of rotatable bonds is 1. The highest BCUT2D eigenvalue weighted by Crippen LogP contribution is 2.34. The summed E-state index contributed by atoms with van der Waals surface area (Å²) in [6.07, 6.45) is 1.94. The van der Waals surface area contributed by atoms with Crippen molar-refractivity contribution < 1.29 is 0 Å². The maximum atomic E-state index is 6.35. The molecule has 0 amide bonds. The molecule has 1 N–H and O–H groups in total. The van der Waals surface area contributed by atoms with Gasteiger partial charge in [0.2, 0.25) is 5.95 Å². The van der Waals surface area contributed by atoms with Crippen LogP contribution in [0.15, 0.2) is 24.3 Å². The fourth-order valence-electron chi connectivity index (χ4n) is 2.97. The zero-order chi connectivity index (χ0) is 13.5. The standard InChI is InChI=1S/C15H15ClN4/c16-14-11-5-7-17-9-12(11)18-15(19-14)20-8-6-10-3-1-2-4-13(10)20/h1-4,17H,5-9H2. The van der Waals surface area contributed by atoms with Gasteiger partial charge < -0.3 is 10.2 Å². The first-order chi connectivity index (χ1) is 9.83. The Morgan fingerprint density at radius 1 is 1.15 bits per heavy atom. The summed E-state index contributed by atoms with van der Waals surface area (Å²) in [6.45, 7) is 2.64. The summed E-state index contributed by atoms with van der Waals surface area (Å²) in [5.74, 6) is 0.724. The van der Waals surface area contributed by atoms with Crippen molar-refractivity contribution in [3.63, 3.8) is 0 Å². The van der Waals surface area contributed by atoms with E-state index < -0.39 is 0 Å². The lowest BCUT2D eigenvalue weighted by Gasteiger charge is -2.22. The van der Waals surface area contributed by atoms with Crippen molar-refractivity contribution >= 4 is 23.2 Å². The number of aromatic nitrogens is 2. The number of anilines is 2.